The summed E-state index contributed by atoms with van der Waals surface area (Å²) in [6.07, 6.45) is 3.81. The highest BCUT2D eigenvalue weighted by Gasteiger charge is 2.15. The van der Waals surface area contributed by atoms with Crippen LogP contribution in [0, 0.1) is 0 Å². The van der Waals surface area contributed by atoms with E-state index in [4.69, 9.17) is 0 Å². The van der Waals surface area contributed by atoms with Crippen molar-refractivity contribution in [3.8, 4) is 0 Å². The van der Waals surface area contributed by atoms with Crippen LogP contribution in [0.25, 0.3) is 0 Å². The van der Waals surface area contributed by atoms with Gasteiger partial charge in [-0.1, -0.05) is 0 Å². The topological polar surface area (TPSA) is 23.6 Å². The molecule has 0 radical (unpaired) electrons. The molecule has 0 saturated carbocycles. The number of carbonyl (C=O) groups excluding carboxylic acids is 1. The van der Waals surface area contributed by atoms with Crippen molar-refractivity contribution in [3.05, 3.63) is 12.4 Å². The van der Waals surface area contributed by atoms with Gasteiger partial charge in [0.2, 0.25) is 5.91 Å². The molecule has 0 bridgehead atoms. The number of likely N-dealkylation sites (N-methyl/N-ethyl adjacent to an activating group) is 2. The van der Waals surface area contributed by atoms with Gasteiger partial charge in [0.05, 0.1) is 6.54 Å². The first kappa shape index (κ1) is 8.11. The van der Waals surface area contributed by atoms with E-state index in [0.717, 1.165) is 13.1 Å². The second-order valence-electron chi connectivity index (χ2n) is 2.54. The second-order valence-corrected chi connectivity index (χ2v) is 2.54. The molecule has 1 rings (SSSR count). The van der Waals surface area contributed by atoms with Crippen LogP contribution >= 0.6 is 0 Å². The fourth-order valence-electron chi connectivity index (χ4n) is 1.07. The Morgan fingerprint density at radius 2 is 2.09 bits per heavy atom. The third-order valence-corrected chi connectivity index (χ3v) is 1.86. The van der Waals surface area contributed by atoms with Gasteiger partial charge in [-0.25, -0.2) is 0 Å². The number of hydrogen-bond acceptors (Lipinski definition) is 2. The predicted molar refractivity (Wildman–Crippen MR) is 43.8 cm³/mol. The van der Waals surface area contributed by atoms with Crippen molar-refractivity contribution < 1.29 is 4.79 Å². The zero-order chi connectivity index (χ0) is 8.27. The Balaban J connectivity index is 2.59. The predicted octanol–water partition coefficient (Wildman–Crippen LogP) is 0.642. The van der Waals surface area contributed by atoms with Gasteiger partial charge in [-0.3, -0.25) is 4.79 Å². The maximum absolute atomic E-state index is 11.2. The molecular formula is C8H14N2O. The van der Waals surface area contributed by atoms with Gasteiger partial charge in [-0.15, -0.1) is 0 Å². The number of nitrogens with zero attached hydrogens (tertiary/aromatic N) is 2. The van der Waals surface area contributed by atoms with E-state index < -0.39 is 0 Å². The number of amides is 1. The van der Waals surface area contributed by atoms with Crippen LogP contribution in [0.3, 0.4) is 0 Å². The molecule has 3 nitrogen and oxygen atoms in total. The summed E-state index contributed by atoms with van der Waals surface area (Å²) in [5, 5.41) is 0. The third kappa shape index (κ3) is 1.73. The summed E-state index contributed by atoms with van der Waals surface area (Å²) in [4.78, 5) is 15.0. The molecule has 1 aliphatic rings. The molecule has 0 aromatic rings. The van der Waals surface area contributed by atoms with Crippen LogP contribution in [0.15, 0.2) is 12.4 Å². The van der Waals surface area contributed by atoms with Crippen molar-refractivity contribution >= 4 is 5.91 Å². The fourth-order valence-corrected chi connectivity index (χ4v) is 1.07. The average Bonchev–Trinajstić information content (AvgIpc) is 2.04. The quantitative estimate of drug-likeness (QED) is 0.582. The monoisotopic (exact) mass is 154 g/mol. The Morgan fingerprint density at radius 1 is 1.36 bits per heavy atom. The number of carbonyl (C=O) groups is 1. The molecule has 3 heteroatoms. The van der Waals surface area contributed by atoms with Crippen molar-refractivity contribution in [1.82, 2.24) is 9.80 Å². The molecule has 1 heterocycles. The summed E-state index contributed by atoms with van der Waals surface area (Å²) in [5.41, 5.74) is 0. The minimum absolute atomic E-state index is 0.192. The normalized spacial score (nSPS) is 17.8. The molecule has 11 heavy (non-hydrogen) atoms. The lowest BCUT2D eigenvalue weighted by atomic mass is 10.4. The molecule has 0 aliphatic carbocycles. The van der Waals surface area contributed by atoms with Gasteiger partial charge in [0.25, 0.3) is 0 Å². The molecule has 62 valence electrons. The van der Waals surface area contributed by atoms with Crippen LogP contribution in [0.2, 0.25) is 0 Å². The van der Waals surface area contributed by atoms with E-state index in [9.17, 15) is 4.79 Å². The van der Waals surface area contributed by atoms with Gasteiger partial charge >= 0.3 is 0 Å². The summed E-state index contributed by atoms with van der Waals surface area (Å²) in [6, 6.07) is 0. The van der Waals surface area contributed by atoms with Crippen molar-refractivity contribution in [2.45, 2.75) is 13.8 Å². The highest BCUT2D eigenvalue weighted by Crippen LogP contribution is 2.02. The zero-order valence-electron chi connectivity index (χ0n) is 7.08. The van der Waals surface area contributed by atoms with Gasteiger partial charge < -0.3 is 9.80 Å². The summed E-state index contributed by atoms with van der Waals surface area (Å²) >= 11 is 0. The van der Waals surface area contributed by atoms with E-state index in [-0.39, 0.29) is 5.91 Å². The molecule has 0 N–H and O–H groups in total. The van der Waals surface area contributed by atoms with Crippen LogP contribution < -0.4 is 0 Å². The van der Waals surface area contributed by atoms with E-state index >= 15 is 0 Å². The first-order valence-corrected chi connectivity index (χ1v) is 3.99. The van der Waals surface area contributed by atoms with E-state index in [1.165, 1.54) is 0 Å². The molecule has 0 saturated heterocycles. The standard InChI is InChI=1S/C8H14N2O/c1-3-9-5-6-10(4-2)8(11)7-9/h5-6H,3-4,7H2,1-2H3. The van der Waals surface area contributed by atoms with Crippen LogP contribution in [0.1, 0.15) is 13.8 Å². The lowest BCUT2D eigenvalue weighted by molar-refractivity contribution is -0.130. The largest absolute Gasteiger partial charge is 0.367 e. The van der Waals surface area contributed by atoms with Crippen molar-refractivity contribution in [2.75, 3.05) is 19.6 Å². The smallest absolute Gasteiger partial charge is 0.246 e. The molecule has 0 fully saturated rings. The molecular weight excluding hydrogens is 140 g/mol. The summed E-state index contributed by atoms with van der Waals surface area (Å²) in [7, 11) is 0. The molecule has 0 spiro atoms. The van der Waals surface area contributed by atoms with E-state index in [1.54, 1.807) is 4.90 Å². The molecule has 0 aromatic carbocycles. The lowest BCUT2D eigenvalue weighted by Crippen LogP contribution is -2.39. The van der Waals surface area contributed by atoms with Gasteiger partial charge in [0.1, 0.15) is 0 Å². The minimum atomic E-state index is 0.192. The molecule has 0 aromatic heterocycles. The van der Waals surface area contributed by atoms with Crippen molar-refractivity contribution in [3.63, 3.8) is 0 Å². The Morgan fingerprint density at radius 3 is 2.55 bits per heavy atom. The van der Waals surface area contributed by atoms with Crippen LogP contribution in [0.5, 0.6) is 0 Å². The van der Waals surface area contributed by atoms with Crippen LogP contribution in [-0.4, -0.2) is 35.3 Å². The van der Waals surface area contributed by atoms with Crippen molar-refractivity contribution in [2.24, 2.45) is 0 Å². The molecule has 0 unspecified atom stereocenters. The van der Waals surface area contributed by atoms with Crippen molar-refractivity contribution in [1.29, 1.82) is 0 Å². The van der Waals surface area contributed by atoms with Gasteiger partial charge in [-0.05, 0) is 13.8 Å². The zero-order valence-corrected chi connectivity index (χ0v) is 7.08. The van der Waals surface area contributed by atoms with E-state index in [0.29, 0.717) is 6.54 Å². The first-order chi connectivity index (χ1) is 5.27. The SMILES string of the molecule is CCN1C=CN(CC)C(=O)C1. The summed E-state index contributed by atoms with van der Waals surface area (Å²) in [5.74, 6) is 0.192. The maximum atomic E-state index is 11.2. The number of rotatable bonds is 2. The maximum Gasteiger partial charge on any atom is 0.246 e. The number of hydrogen-bond donors (Lipinski definition) is 0. The van der Waals surface area contributed by atoms with E-state index in [2.05, 4.69) is 0 Å². The Labute approximate surface area is 67.3 Å². The molecule has 1 aliphatic heterocycles. The third-order valence-electron chi connectivity index (χ3n) is 1.86. The first-order valence-electron chi connectivity index (χ1n) is 3.99. The van der Waals surface area contributed by atoms with Gasteiger partial charge in [-0.2, -0.15) is 0 Å². The van der Waals surface area contributed by atoms with Crippen LogP contribution in [0.4, 0.5) is 0 Å². The average molecular weight is 154 g/mol. The van der Waals surface area contributed by atoms with Crippen LogP contribution in [-0.2, 0) is 4.79 Å². The van der Waals surface area contributed by atoms with E-state index in [1.807, 2.05) is 31.1 Å². The Bertz CT molecular complexity index is 177. The Hall–Kier alpha value is -0.990. The fraction of sp³-hybridized carbons (Fsp3) is 0.625. The highest BCUT2D eigenvalue weighted by molar-refractivity contribution is 5.80. The van der Waals surface area contributed by atoms with Gasteiger partial charge in [0.15, 0.2) is 0 Å². The Kier molecular flexibility index (Phi) is 2.52. The second kappa shape index (κ2) is 3.42. The summed E-state index contributed by atoms with van der Waals surface area (Å²) in [6.45, 7) is 6.22. The molecule has 1 amide bonds. The lowest BCUT2D eigenvalue weighted by Gasteiger charge is -2.27. The van der Waals surface area contributed by atoms with Gasteiger partial charge in [0, 0.05) is 25.5 Å². The summed E-state index contributed by atoms with van der Waals surface area (Å²) < 4.78 is 0. The minimum Gasteiger partial charge on any atom is -0.367 e. The molecule has 0 atom stereocenters. The highest BCUT2D eigenvalue weighted by atomic mass is 16.2.